The summed E-state index contributed by atoms with van der Waals surface area (Å²) in [5.41, 5.74) is 3.51. The Hall–Kier alpha value is -2.87. The summed E-state index contributed by atoms with van der Waals surface area (Å²) in [5, 5.41) is 2.96. The van der Waals surface area contributed by atoms with Crippen LogP contribution < -0.4 is 9.62 Å². The Labute approximate surface area is 210 Å². The summed E-state index contributed by atoms with van der Waals surface area (Å²) in [5.74, 6) is -0.381. The van der Waals surface area contributed by atoms with Crippen molar-refractivity contribution >= 4 is 27.5 Å². The van der Waals surface area contributed by atoms with Gasteiger partial charge < -0.3 is 10.2 Å². The number of rotatable bonds is 12. The molecule has 0 saturated heterocycles. The summed E-state index contributed by atoms with van der Waals surface area (Å²) in [4.78, 5) is 27.8. The molecule has 0 spiro atoms. The van der Waals surface area contributed by atoms with E-state index in [1.54, 1.807) is 24.0 Å². The van der Waals surface area contributed by atoms with Crippen molar-refractivity contribution in [3.63, 3.8) is 0 Å². The predicted molar refractivity (Wildman–Crippen MR) is 142 cm³/mol. The van der Waals surface area contributed by atoms with Gasteiger partial charge in [0.25, 0.3) is 0 Å². The number of hydrogen-bond acceptors (Lipinski definition) is 4. The molecule has 8 heteroatoms. The molecule has 0 heterocycles. The Morgan fingerprint density at radius 2 is 1.63 bits per heavy atom. The van der Waals surface area contributed by atoms with Crippen LogP contribution in [-0.2, 0) is 26.2 Å². The number of hydrogen-bond donors (Lipinski definition) is 1. The van der Waals surface area contributed by atoms with Crippen molar-refractivity contribution in [1.82, 2.24) is 10.2 Å². The van der Waals surface area contributed by atoms with Crippen molar-refractivity contribution in [3.8, 4) is 0 Å². The third kappa shape index (κ3) is 8.38. The lowest BCUT2D eigenvalue weighted by molar-refractivity contribution is -0.140. The van der Waals surface area contributed by atoms with E-state index in [0.717, 1.165) is 23.1 Å². The van der Waals surface area contributed by atoms with Crippen LogP contribution >= 0.6 is 0 Å². The molecule has 0 saturated carbocycles. The molecule has 0 unspecified atom stereocenters. The molecule has 0 radical (unpaired) electrons. The molecule has 7 nitrogen and oxygen atoms in total. The van der Waals surface area contributed by atoms with E-state index in [1.807, 2.05) is 64.1 Å². The van der Waals surface area contributed by atoms with Gasteiger partial charge in [-0.05, 0) is 57.7 Å². The third-order valence-electron chi connectivity index (χ3n) is 6.18. The first-order valence-electron chi connectivity index (χ1n) is 12.1. The van der Waals surface area contributed by atoms with Crippen LogP contribution in [0.15, 0.2) is 48.5 Å². The van der Waals surface area contributed by atoms with Gasteiger partial charge in [0.2, 0.25) is 21.8 Å². The van der Waals surface area contributed by atoms with E-state index in [0.29, 0.717) is 18.7 Å². The van der Waals surface area contributed by atoms with E-state index in [1.165, 1.54) is 10.6 Å². The first-order valence-corrected chi connectivity index (χ1v) is 14.0. The summed E-state index contributed by atoms with van der Waals surface area (Å²) < 4.78 is 26.3. The Balaban J connectivity index is 2.17. The van der Waals surface area contributed by atoms with Crippen molar-refractivity contribution in [2.45, 2.75) is 72.5 Å². The minimum Gasteiger partial charge on any atom is -0.352 e. The predicted octanol–water partition coefficient (Wildman–Crippen LogP) is 4.18. The second-order valence-electron chi connectivity index (χ2n) is 9.23. The van der Waals surface area contributed by atoms with Crippen molar-refractivity contribution in [1.29, 1.82) is 0 Å². The molecule has 2 rings (SSSR count). The number of carbonyl (C=O) groups is 2. The number of nitrogens with one attached hydrogen (secondary N) is 1. The molecule has 0 aliphatic heterocycles. The van der Waals surface area contributed by atoms with E-state index < -0.39 is 16.1 Å². The van der Waals surface area contributed by atoms with Crippen molar-refractivity contribution in [2.24, 2.45) is 0 Å². The van der Waals surface area contributed by atoms with Gasteiger partial charge in [-0.25, -0.2) is 8.42 Å². The molecule has 0 fully saturated rings. The summed E-state index contributed by atoms with van der Waals surface area (Å²) in [6.07, 6.45) is 2.44. The number of para-hydroxylation sites is 1. The van der Waals surface area contributed by atoms with Crippen molar-refractivity contribution in [3.05, 3.63) is 65.2 Å². The number of amides is 2. The smallest absolute Gasteiger partial charge is 0.242 e. The first-order chi connectivity index (χ1) is 16.4. The lowest BCUT2D eigenvalue weighted by Gasteiger charge is -2.30. The zero-order valence-corrected chi connectivity index (χ0v) is 22.6. The van der Waals surface area contributed by atoms with Crippen LogP contribution in [0.5, 0.6) is 0 Å². The van der Waals surface area contributed by atoms with E-state index in [-0.39, 0.29) is 30.8 Å². The second-order valence-corrected chi connectivity index (χ2v) is 11.1. The number of sulfonamides is 1. The first kappa shape index (κ1) is 28.4. The molecule has 0 aliphatic rings. The fourth-order valence-electron chi connectivity index (χ4n) is 3.76. The Bertz CT molecular complexity index is 1100. The number of aryl methyl sites for hydroxylation is 2. The Kier molecular flexibility index (Phi) is 10.3. The van der Waals surface area contributed by atoms with Gasteiger partial charge in [-0.2, -0.15) is 0 Å². The number of nitrogens with zero attached hydrogens (tertiary/aromatic N) is 2. The van der Waals surface area contributed by atoms with Gasteiger partial charge in [-0.1, -0.05) is 55.0 Å². The van der Waals surface area contributed by atoms with Gasteiger partial charge in [-0.3, -0.25) is 13.9 Å². The molecule has 0 bridgehead atoms. The number of carbonyl (C=O) groups excluding carboxylic acids is 2. The van der Waals surface area contributed by atoms with Gasteiger partial charge in [0, 0.05) is 25.6 Å². The lowest BCUT2D eigenvalue weighted by atomic mass is 10.1. The zero-order valence-electron chi connectivity index (χ0n) is 21.7. The number of anilines is 1. The van der Waals surface area contributed by atoms with Crippen LogP contribution in [0, 0.1) is 13.8 Å². The molecule has 35 heavy (non-hydrogen) atoms. The zero-order chi connectivity index (χ0) is 26.2. The normalized spacial score (nSPS) is 13.1. The van der Waals surface area contributed by atoms with Crippen LogP contribution in [0.1, 0.15) is 56.7 Å². The minimum absolute atomic E-state index is 0.0127. The summed E-state index contributed by atoms with van der Waals surface area (Å²) in [6.45, 7) is 10.0. The second kappa shape index (κ2) is 12.7. The monoisotopic (exact) mass is 501 g/mol. The summed E-state index contributed by atoms with van der Waals surface area (Å²) in [7, 11) is -3.51. The van der Waals surface area contributed by atoms with Gasteiger partial charge in [0.15, 0.2) is 0 Å². The highest BCUT2D eigenvalue weighted by Gasteiger charge is 2.27. The van der Waals surface area contributed by atoms with Crippen LogP contribution in [0.4, 0.5) is 5.69 Å². The standard InChI is InChI=1S/C27H39N3O4S/c1-7-22(4)28-27(32)23(5)29(19-24-16-14-20(2)15-17-24)26(31)13-10-18-30(35(6,33)34)25-12-9-8-11-21(25)3/h8-9,11-12,14-17,22-23H,7,10,13,18-19H2,1-6H3,(H,28,32)/t22-,23-/m1/s1. The summed E-state index contributed by atoms with van der Waals surface area (Å²) >= 11 is 0. The summed E-state index contributed by atoms with van der Waals surface area (Å²) in [6, 6.07) is 14.5. The van der Waals surface area contributed by atoms with E-state index in [9.17, 15) is 18.0 Å². The molecule has 2 amide bonds. The maximum absolute atomic E-state index is 13.3. The average Bonchev–Trinajstić information content (AvgIpc) is 2.80. The molecule has 192 valence electrons. The highest BCUT2D eigenvalue weighted by atomic mass is 32.2. The van der Waals surface area contributed by atoms with Crippen LogP contribution in [0.2, 0.25) is 0 Å². The lowest BCUT2D eigenvalue weighted by Crippen LogP contribution is -2.49. The van der Waals surface area contributed by atoms with Crippen LogP contribution in [-0.4, -0.2) is 50.0 Å². The SMILES string of the molecule is CC[C@@H](C)NC(=O)[C@@H](C)N(Cc1ccc(C)cc1)C(=O)CCCN(c1ccccc1C)S(C)(=O)=O. The molecule has 2 atom stereocenters. The van der Waals surface area contributed by atoms with Gasteiger partial charge >= 0.3 is 0 Å². The van der Waals surface area contributed by atoms with Crippen molar-refractivity contribution in [2.75, 3.05) is 17.1 Å². The van der Waals surface area contributed by atoms with Gasteiger partial charge in [0.05, 0.1) is 11.9 Å². The highest BCUT2D eigenvalue weighted by molar-refractivity contribution is 7.92. The molecule has 0 aromatic heterocycles. The third-order valence-corrected chi connectivity index (χ3v) is 7.36. The van der Waals surface area contributed by atoms with Gasteiger partial charge in [0.1, 0.15) is 6.04 Å². The Morgan fingerprint density at radius 3 is 2.20 bits per heavy atom. The van der Waals surface area contributed by atoms with Crippen LogP contribution in [0.3, 0.4) is 0 Å². The van der Waals surface area contributed by atoms with E-state index in [2.05, 4.69) is 5.32 Å². The minimum atomic E-state index is -3.51. The van der Waals surface area contributed by atoms with Crippen LogP contribution in [0.25, 0.3) is 0 Å². The fraction of sp³-hybridized carbons (Fsp3) is 0.481. The van der Waals surface area contributed by atoms with E-state index in [4.69, 9.17) is 0 Å². The van der Waals surface area contributed by atoms with Gasteiger partial charge in [-0.15, -0.1) is 0 Å². The topological polar surface area (TPSA) is 86.8 Å². The maximum Gasteiger partial charge on any atom is 0.242 e. The highest BCUT2D eigenvalue weighted by Crippen LogP contribution is 2.23. The van der Waals surface area contributed by atoms with E-state index >= 15 is 0 Å². The molecular weight excluding hydrogens is 462 g/mol. The molecule has 2 aromatic carbocycles. The molecule has 2 aromatic rings. The van der Waals surface area contributed by atoms with Crippen molar-refractivity contribution < 1.29 is 18.0 Å². The maximum atomic E-state index is 13.3. The molecule has 1 N–H and O–H groups in total. The number of benzene rings is 2. The fourth-order valence-corrected chi connectivity index (χ4v) is 4.79. The molecular formula is C27H39N3O4S. The molecule has 0 aliphatic carbocycles. The average molecular weight is 502 g/mol. The largest absolute Gasteiger partial charge is 0.352 e. The quantitative estimate of drug-likeness (QED) is 0.473. The Morgan fingerprint density at radius 1 is 1.00 bits per heavy atom.